The fourth-order valence-electron chi connectivity index (χ4n) is 10.8. The zero-order valence-corrected chi connectivity index (χ0v) is 25.7. The van der Waals surface area contributed by atoms with Crippen LogP contribution in [0.4, 0.5) is 0 Å². The molecule has 0 aromatic heterocycles. The second-order valence-electron chi connectivity index (χ2n) is 15.7. The van der Waals surface area contributed by atoms with Gasteiger partial charge < -0.3 is 4.74 Å². The van der Waals surface area contributed by atoms with Crippen molar-refractivity contribution in [1.29, 1.82) is 0 Å². The molecule has 8 atom stereocenters. The zero-order valence-electron chi connectivity index (χ0n) is 25.7. The fraction of sp³-hybridized carbons (Fsp3) is 0.917. The highest BCUT2D eigenvalue weighted by molar-refractivity contribution is 5.69. The summed E-state index contributed by atoms with van der Waals surface area (Å²) in [6.07, 6.45) is 25.8. The van der Waals surface area contributed by atoms with Crippen molar-refractivity contribution in [2.75, 3.05) is 0 Å². The molecule has 4 fully saturated rings. The molecule has 5 aliphatic rings. The molecule has 0 aliphatic heterocycles. The van der Waals surface area contributed by atoms with Gasteiger partial charge in [-0.3, -0.25) is 4.79 Å². The van der Waals surface area contributed by atoms with E-state index in [1.807, 2.05) is 0 Å². The lowest BCUT2D eigenvalue weighted by Gasteiger charge is -2.58. The molecule has 5 rings (SSSR count). The monoisotopic (exact) mass is 524 g/mol. The smallest absolute Gasteiger partial charge is 0.306 e. The first kappa shape index (κ1) is 28.7. The molecule has 0 aromatic carbocycles. The van der Waals surface area contributed by atoms with Crippen LogP contribution in [-0.2, 0) is 9.53 Å². The molecule has 216 valence electrons. The van der Waals surface area contributed by atoms with E-state index in [1.54, 1.807) is 5.57 Å². The first-order chi connectivity index (χ1) is 18.2. The fourth-order valence-corrected chi connectivity index (χ4v) is 10.8. The van der Waals surface area contributed by atoms with Crippen molar-refractivity contribution in [3.8, 4) is 0 Å². The van der Waals surface area contributed by atoms with E-state index in [0.717, 1.165) is 60.7 Å². The summed E-state index contributed by atoms with van der Waals surface area (Å²) in [6.45, 7) is 12.6. The van der Waals surface area contributed by atoms with E-state index in [4.69, 9.17) is 4.74 Å². The molecule has 4 saturated carbocycles. The summed E-state index contributed by atoms with van der Waals surface area (Å²) in [6, 6.07) is 0. The Morgan fingerprint density at radius 1 is 0.947 bits per heavy atom. The molecule has 2 heteroatoms. The molecule has 0 unspecified atom stereocenters. The third kappa shape index (κ3) is 5.81. The van der Waals surface area contributed by atoms with Crippen molar-refractivity contribution in [3.05, 3.63) is 11.6 Å². The summed E-state index contributed by atoms with van der Waals surface area (Å²) >= 11 is 0. The second kappa shape index (κ2) is 12.0. The maximum atomic E-state index is 12.7. The predicted molar refractivity (Wildman–Crippen MR) is 159 cm³/mol. The van der Waals surface area contributed by atoms with Gasteiger partial charge in [-0.25, -0.2) is 0 Å². The van der Waals surface area contributed by atoms with Crippen LogP contribution in [0.25, 0.3) is 0 Å². The van der Waals surface area contributed by atoms with Gasteiger partial charge in [0.2, 0.25) is 0 Å². The highest BCUT2D eigenvalue weighted by Crippen LogP contribution is 2.67. The molecule has 0 amide bonds. The Hall–Kier alpha value is -0.790. The lowest BCUT2D eigenvalue weighted by molar-refractivity contribution is -0.152. The molecular formula is C36H60O2. The topological polar surface area (TPSA) is 26.3 Å². The Bertz CT molecular complexity index is 836. The van der Waals surface area contributed by atoms with Crippen LogP contribution in [0.3, 0.4) is 0 Å². The van der Waals surface area contributed by atoms with Crippen LogP contribution in [0.15, 0.2) is 11.6 Å². The normalized spacial score (nSPS) is 40.2. The molecule has 0 radical (unpaired) electrons. The molecule has 0 spiro atoms. The van der Waals surface area contributed by atoms with E-state index in [1.165, 1.54) is 89.9 Å². The highest BCUT2D eigenvalue weighted by Gasteiger charge is 2.59. The van der Waals surface area contributed by atoms with Crippen LogP contribution in [0.1, 0.15) is 150 Å². The summed E-state index contributed by atoms with van der Waals surface area (Å²) < 4.78 is 6.11. The quantitative estimate of drug-likeness (QED) is 0.221. The van der Waals surface area contributed by atoms with Crippen LogP contribution in [0, 0.1) is 52.3 Å². The number of hydrogen-bond donors (Lipinski definition) is 0. The number of carbonyl (C=O) groups is 1. The van der Waals surface area contributed by atoms with Crippen LogP contribution in [0.5, 0.6) is 0 Å². The average molecular weight is 525 g/mol. The van der Waals surface area contributed by atoms with Crippen molar-refractivity contribution in [1.82, 2.24) is 0 Å². The minimum atomic E-state index is 0.0754. The highest BCUT2D eigenvalue weighted by atomic mass is 16.5. The van der Waals surface area contributed by atoms with Crippen molar-refractivity contribution < 1.29 is 9.53 Å². The van der Waals surface area contributed by atoms with Crippen molar-refractivity contribution in [2.45, 2.75) is 156 Å². The van der Waals surface area contributed by atoms with Gasteiger partial charge in [0.15, 0.2) is 0 Å². The van der Waals surface area contributed by atoms with E-state index in [-0.39, 0.29) is 12.1 Å². The number of ether oxygens (including phenoxy) is 1. The minimum absolute atomic E-state index is 0.0754. The van der Waals surface area contributed by atoms with E-state index >= 15 is 0 Å². The number of allylic oxidation sites excluding steroid dienone is 1. The first-order valence-electron chi connectivity index (χ1n) is 17.1. The van der Waals surface area contributed by atoms with Crippen molar-refractivity contribution >= 4 is 5.97 Å². The second-order valence-corrected chi connectivity index (χ2v) is 15.7. The predicted octanol–water partition coefficient (Wildman–Crippen LogP) is 10.3. The van der Waals surface area contributed by atoms with E-state index in [0.29, 0.717) is 17.3 Å². The Balaban J connectivity index is 1.17. The van der Waals surface area contributed by atoms with Gasteiger partial charge in [-0.2, -0.15) is 0 Å². The number of esters is 1. The van der Waals surface area contributed by atoms with Crippen LogP contribution >= 0.6 is 0 Å². The summed E-state index contributed by atoms with van der Waals surface area (Å²) in [7, 11) is 0. The standard InChI is InChI=1S/C36H60O2/c1-25(2)10-9-11-26(3)31-17-18-32-30-16-15-28-24-29(38-34(37)19-14-27-12-7-6-8-13-27)20-22-35(28,4)33(30)21-23-36(31,32)5/h15,25-27,29-33H,6-14,16-24H2,1-5H3/t26-,29+,30-,31+,32-,33-,35+,36-/m1/s1. The number of hydrogen-bond acceptors (Lipinski definition) is 2. The molecule has 0 aromatic rings. The maximum absolute atomic E-state index is 12.7. The maximum Gasteiger partial charge on any atom is 0.306 e. The van der Waals surface area contributed by atoms with Crippen LogP contribution in [-0.4, -0.2) is 12.1 Å². The molecule has 0 saturated heterocycles. The molecule has 0 heterocycles. The van der Waals surface area contributed by atoms with Gasteiger partial charge in [0.25, 0.3) is 0 Å². The Labute approximate surface area is 235 Å². The van der Waals surface area contributed by atoms with Gasteiger partial charge in [-0.15, -0.1) is 0 Å². The summed E-state index contributed by atoms with van der Waals surface area (Å²) in [4.78, 5) is 12.7. The Morgan fingerprint density at radius 2 is 1.74 bits per heavy atom. The lowest BCUT2D eigenvalue weighted by atomic mass is 9.47. The first-order valence-corrected chi connectivity index (χ1v) is 17.1. The molecule has 0 N–H and O–H groups in total. The van der Waals surface area contributed by atoms with E-state index in [2.05, 4.69) is 40.7 Å². The van der Waals surface area contributed by atoms with Gasteiger partial charge in [0, 0.05) is 12.8 Å². The Kier molecular flexibility index (Phi) is 9.06. The molecule has 5 aliphatic carbocycles. The van der Waals surface area contributed by atoms with Gasteiger partial charge >= 0.3 is 5.97 Å². The third-order valence-corrected chi connectivity index (χ3v) is 13.0. The molecule has 0 bridgehead atoms. The summed E-state index contributed by atoms with van der Waals surface area (Å²) in [5.41, 5.74) is 2.55. The average Bonchev–Trinajstić information content (AvgIpc) is 3.25. The molecule has 38 heavy (non-hydrogen) atoms. The van der Waals surface area contributed by atoms with Crippen molar-refractivity contribution in [2.24, 2.45) is 52.3 Å². The van der Waals surface area contributed by atoms with E-state index in [9.17, 15) is 4.79 Å². The van der Waals surface area contributed by atoms with Crippen LogP contribution in [0.2, 0.25) is 0 Å². The third-order valence-electron chi connectivity index (χ3n) is 13.0. The number of fused-ring (bicyclic) bond motifs is 5. The van der Waals surface area contributed by atoms with Crippen molar-refractivity contribution in [3.63, 3.8) is 0 Å². The lowest BCUT2D eigenvalue weighted by Crippen LogP contribution is -2.51. The largest absolute Gasteiger partial charge is 0.462 e. The number of carbonyl (C=O) groups excluding carboxylic acids is 1. The van der Waals surface area contributed by atoms with Gasteiger partial charge in [-0.05, 0) is 104 Å². The Morgan fingerprint density at radius 3 is 2.50 bits per heavy atom. The SMILES string of the molecule is CC(C)CCC[C@@H](C)[C@@H]1CC[C@@H]2[C@H]3CC=C4C[C@@H](OC(=O)CCC5CCCCC5)CC[C@]4(C)[C@@H]3CC[C@@]21C. The van der Waals surface area contributed by atoms with Gasteiger partial charge in [0.05, 0.1) is 0 Å². The minimum Gasteiger partial charge on any atom is -0.462 e. The zero-order chi connectivity index (χ0) is 26.9. The summed E-state index contributed by atoms with van der Waals surface area (Å²) in [5.74, 6) is 6.14. The number of rotatable bonds is 9. The summed E-state index contributed by atoms with van der Waals surface area (Å²) in [5, 5.41) is 0. The van der Waals surface area contributed by atoms with Gasteiger partial charge in [-0.1, -0.05) is 97.6 Å². The van der Waals surface area contributed by atoms with Gasteiger partial charge in [0.1, 0.15) is 6.10 Å². The molecule has 2 nitrogen and oxygen atoms in total. The van der Waals surface area contributed by atoms with E-state index < -0.39 is 0 Å². The van der Waals surface area contributed by atoms with Crippen LogP contribution < -0.4 is 0 Å². The molecular weight excluding hydrogens is 464 g/mol.